The first-order valence-electron chi connectivity index (χ1n) is 12.8. The number of aromatic nitrogens is 2. The van der Waals surface area contributed by atoms with Crippen molar-refractivity contribution >= 4 is 45.4 Å². The van der Waals surface area contributed by atoms with Crippen LogP contribution in [-0.4, -0.2) is 33.3 Å². The summed E-state index contributed by atoms with van der Waals surface area (Å²) < 4.78 is 12.5. The molecule has 0 aliphatic carbocycles. The molecule has 0 fully saturated rings. The molecule has 0 bridgehead atoms. The maximum Gasteiger partial charge on any atom is 0.311 e. The summed E-state index contributed by atoms with van der Waals surface area (Å²) >= 11 is 0. The molecule has 6 aromatic rings. The number of ether oxygens (including phenoxy) is 1. The Kier molecular flexibility index (Phi) is 6.96. The molecule has 42 heavy (non-hydrogen) atoms. The Bertz CT molecular complexity index is 2020. The van der Waals surface area contributed by atoms with Gasteiger partial charge in [0.2, 0.25) is 5.82 Å². The molecule has 6 rings (SSSR count). The number of rotatable bonds is 8. The van der Waals surface area contributed by atoms with E-state index in [1.54, 1.807) is 60.7 Å². The largest absolute Gasteiger partial charge is 0.477 e. The number of hydrogen-bond acceptors (Lipinski definition) is 8. The van der Waals surface area contributed by atoms with Crippen LogP contribution in [0.4, 0.5) is 11.4 Å². The number of furan rings is 1. The Morgan fingerprint density at radius 1 is 1.00 bits per heavy atom. The summed E-state index contributed by atoms with van der Waals surface area (Å²) in [6.45, 7) is -0.428. The van der Waals surface area contributed by atoms with Crippen molar-refractivity contribution in [1.82, 2.24) is 9.66 Å². The molecular formula is C31H21N5O6. The van der Waals surface area contributed by atoms with E-state index in [-0.39, 0.29) is 17.3 Å². The second kappa shape index (κ2) is 11.2. The molecule has 0 saturated carbocycles. The number of nitrogens with zero attached hydrogens (tertiary/aromatic N) is 4. The maximum absolute atomic E-state index is 13.5. The quantitative estimate of drug-likeness (QED) is 0.145. The molecule has 11 nitrogen and oxygen atoms in total. The van der Waals surface area contributed by atoms with Gasteiger partial charge in [-0.1, -0.05) is 48.5 Å². The predicted molar refractivity (Wildman–Crippen MR) is 158 cm³/mol. The lowest BCUT2D eigenvalue weighted by atomic mass is 10.2. The van der Waals surface area contributed by atoms with Crippen molar-refractivity contribution in [3.05, 3.63) is 129 Å². The van der Waals surface area contributed by atoms with E-state index in [1.165, 1.54) is 24.4 Å². The van der Waals surface area contributed by atoms with E-state index in [2.05, 4.69) is 15.4 Å². The third kappa shape index (κ3) is 5.34. The van der Waals surface area contributed by atoms with Crippen LogP contribution in [0.1, 0.15) is 5.56 Å². The van der Waals surface area contributed by atoms with E-state index in [1.807, 2.05) is 24.3 Å². The first-order valence-corrected chi connectivity index (χ1v) is 12.8. The van der Waals surface area contributed by atoms with Gasteiger partial charge < -0.3 is 14.5 Å². The van der Waals surface area contributed by atoms with Gasteiger partial charge in [0.1, 0.15) is 5.58 Å². The molecule has 0 spiro atoms. The summed E-state index contributed by atoms with van der Waals surface area (Å²) in [6, 6.07) is 28.9. The standard InChI is InChI=1S/C31H21N5O6/c37-29(33-22-9-2-1-3-10-22)19-41-27-15-14-20(16-25(27)36(39)40)18-32-35-30(28-17-21-8-4-7-13-26(21)42-28)34-24-12-6-5-11-23(24)31(35)38/h1-18H,19H2,(H,33,37). The van der Waals surface area contributed by atoms with Crippen molar-refractivity contribution in [3.63, 3.8) is 0 Å². The van der Waals surface area contributed by atoms with Crippen molar-refractivity contribution in [3.8, 4) is 17.3 Å². The minimum absolute atomic E-state index is 0.0899. The van der Waals surface area contributed by atoms with Crippen LogP contribution in [0, 0.1) is 10.1 Å². The summed E-state index contributed by atoms with van der Waals surface area (Å²) in [5.74, 6) is -0.0555. The Hall–Kier alpha value is -6.10. The molecule has 0 aliphatic heterocycles. The molecule has 2 heterocycles. The molecule has 0 saturated heterocycles. The Morgan fingerprint density at radius 2 is 1.76 bits per heavy atom. The van der Waals surface area contributed by atoms with Gasteiger partial charge in [-0.15, -0.1) is 0 Å². The smallest absolute Gasteiger partial charge is 0.311 e. The van der Waals surface area contributed by atoms with E-state index in [9.17, 15) is 19.7 Å². The molecule has 0 unspecified atom stereocenters. The molecule has 0 radical (unpaired) electrons. The minimum Gasteiger partial charge on any atom is -0.477 e. The molecule has 2 aromatic heterocycles. The van der Waals surface area contributed by atoms with E-state index in [0.717, 1.165) is 10.1 Å². The molecule has 4 aromatic carbocycles. The van der Waals surface area contributed by atoms with Crippen molar-refractivity contribution in [2.45, 2.75) is 0 Å². The monoisotopic (exact) mass is 559 g/mol. The number of carbonyl (C=O) groups is 1. The Balaban J connectivity index is 1.32. The van der Waals surface area contributed by atoms with Gasteiger partial charge in [0, 0.05) is 22.7 Å². The highest BCUT2D eigenvalue weighted by molar-refractivity contribution is 5.92. The lowest BCUT2D eigenvalue weighted by molar-refractivity contribution is -0.385. The van der Waals surface area contributed by atoms with Crippen LogP contribution < -0.4 is 15.6 Å². The van der Waals surface area contributed by atoms with E-state index in [0.29, 0.717) is 33.5 Å². The lowest BCUT2D eigenvalue weighted by Crippen LogP contribution is -2.20. The number of benzene rings is 4. The second-order valence-electron chi connectivity index (χ2n) is 9.15. The van der Waals surface area contributed by atoms with Crippen LogP contribution in [0.25, 0.3) is 33.5 Å². The van der Waals surface area contributed by atoms with E-state index < -0.39 is 23.0 Å². The van der Waals surface area contributed by atoms with Crippen molar-refractivity contribution in [1.29, 1.82) is 0 Å². The SMILES string of the molecule is O=C(COc1ccc(C=Nn2c(-c3cc4ccccc4o3)nc3ccccc3c2=O)cc1[N+](=O)[O-])Nc1ccccc1. The van der Waals surface area contributed by atoms with Gasteiger partial charge in [0.25, 0.3) is 11.5 Å². The summed E-state index contributed by atoms with van der Waals surface area (Å²) in [5, 5.41) is 20.0. The fourth-order valence-electron chi connectivity index (χ4n) is 4.35. The third-order valence-electron chi connectivity index (χ3n) is 6.32. The number of amides is 1. The van der Waals surface area contributed by atoms with Gasteiger partial charge in [-0.2, -0.15) is 9.78 Å². The summed E-state index contributed by atoms with van der Waals surface area (Å²) in [7, 11) is 0. The predicted octanol–water partition coefficient (Wildman–Crippen LogP) is 5.62. The van der Waals surface area contributed by atoms with Crippen LogP contribution >= 0.6 is 0 Å². The Morgan fingerprint density at radius 3 is 2.57 bits per heavy atom. The van der Waals surface area contributed by atoms with Crippen LogP contribution in [0.2, 0.25) is 0 Å². The zero-order chi connectivity index (χ0) is 29.1. The number of hydrogen-bond donors (Lipinski definition) is 1. The van der Waals surface area contributed by atoms with Gasteiger partial charge >= 0.3 is 5.69 Å². The molecule has 11 heteroatoms. The van der Waals surface area contributed by atoms with Crippen LogP contribution in [-0.2, 0) is 4.79 Å². The number of nitro groups is 1. The average Bonchev–Trinajstić information content (AvgIpc) is 3.44. The highest BCUT2D eigenvalue weighted by Crippen LogP contribution is 2.29. The molecule has 1 N–H and O–H groups in total. The average molecular weight is 560 g/mol. The molecule has 0 aliphatic rings. The van der Waals surface area contributed by atoms with Gasteiger partial charge in [0.15, 0.2) is 18.1 Å². The summed E-state index contributed by atoms with van der Waals surface area (Å²) in [6.07, 6.45) is 1.31. The van der Waals surface area contributed by atoms with Gasteiger partial charge in [-0.3, -0.25) is 19.7 Å². The molecule has 1 amide bonds. The fourth-order valence-corrected chi connectivity index (χ4v) is 4.35. The van der Waals surface area contributed by atoms with Crippen molar-refractivity contribution in [2.24, 2.45) is 5.10 Å². The number of fused-ring (bicyclic) bond motifs is 2. The summed E-state index contributed by atoms with van der Waals surface area (Å²) in [4.78, 5) is 41.5. The Labute approximate surface area is 237 Å². The highest BCUT2D eigenvalue weighted by Gasteiger charge is 2.19. The van der Waals surface area contributed by atoms with Crippen LogP contribution in [0.3, 0.4) is 0 Å². The zero-order valence-corrected chi connectivity index (χ0v) is 21.8. The topological polar surface area (TPSA) is 142 Å². The van der Waals surface area contributed by atoms with Crippen molar-refractivity contribution < 1.29 is 18.9 Å². The van der Waals surface area contributed by atoms with Crippen LogP contribution in [0.15, 0.2) is 117 Å². The fraction of sp³-hybridized carbons (Fsp3) is 0.0323. The van der Waals surface area contributed by atoms with Crippen molar-refractivity contribution in [2.75, 3.05) is 11.9 Å². The van der Waals surface area contributed by atoms with Crippen LogP contribution in [0.5, 0.6) is 5.75 Å². The highest BCUT2D eigenvalue weighted by atomic mass is 16.6. The van der Waals surface area contributed by atoms with E-state index in [4.69, 9.17) is 9.15 Å². The molecule has 206 valence electrons. The third-order valence-corrected chi connectivity index (χ3v) is 6.32. The first kappa shape index (κ1) is 26.1. The van der Waals surface area contributed by atoms with Gasteiger partial charge in [0.05, 0.1) is 22.0 Å². The lowest BCUT2D eigenvalue weighted by Gasteiger charge is -2.09. The summed E-state index contributed by atoms with van der Waals surface area (Å²) in [5.41, 5.74) is 1.18. The molecular weight excluding hydrogens is 538 g/mol. The minimum atomic E-state index is -0.620. The number of carbonyl (C=O) groups excluding carboxylic acids is 1. The second-order valence-corrected chi connectivity index (χ2v) is 9.15. The number of anilines is 1. The maximum atomic E-state index is 13.5. The molecule has 0 atom stereocenters. The zero-order valence-electron chi connectivity index (χ0n) is 21.8. The number of nitrogens with one attached hydrogen (secondary N) is 1. The number of para-hydroxylation sites is 3. The van der Waals surface area contributed by atoms with Gasteiger partial charge in [-0.05, 0) is 48.5 Å². The van der Waals surface area contributed by atoms with Gasteiger partial charge in [-0.25, -0.2) is 4.98 Å². The first-order chi connectivity index (χ1) is 20.5. The number of nitro benzene ring substituents is 1. The normalized spacial score (nSPS) is 11.2. The van der Waals surface area contributed by atoms with E-state index >= 15 is 0 Å².